The number of hydrogen-bond donors (Lipinski definition) is 1. The number of carbonyl (C=O) groups excluding carboxylic acids is 1. The number of allylic oxidation sites excluding steroid dienone is 1. The fourth-order valence-electron chi connectivity index (χ4n) is 4.28. The Morgan fingerprint density at radius 1 is 1.15 bits per heavy atom. The number of amides is 1. The molecule has 7 nitrogen and oxygen atoms in total. The van der Waals surface area contributed by atoms with Crippen LogP contribution >= 0.6 is 11.8 Å². The molecule has 2 aromatic rings. The van der Waals surface area contributed by atoms with Gasteiger partial charge in [-0.1, -0.05) is 18.2 Å². The third-order valence-corrected chi connectivity index (χ3v) is 7.05. The van der Waals surface area contributed by atoms with Gasteiger partial charge in [0.25, 0.3) is 0 Å². The molecule has 0 saturated carbocycles. The lowest BCUT2D eigenvalue weighted by molar-refractivity contribution is -0.149. The molecular weight excluding hydrogens is 440 g/mol. The SMILES string of the molecule is CCOc1ccc([C@]2(O)CSC3=C(C#N)[C@@H](c4ccc(OCC)c(OC)c4)CC(=O)N32)cc1. The van der Waals surface area contributed by atoms with Gasteiger partial charge < -0.3 is 19.3 Å². The Hall–Kier alpha value is -3.15. The maximum absolute atomic E-state index is 13.3. The average Bonchev–Trinajstić information content (AvgIpc) is 3.19. The Morgan fingerprint density at radius 3 is 2.52 bits per heavy atom. The molecule has 2 aromatic carbocycles. The van der Waals surface area contributed by atoms with Gasteiger partial charge in [-0.05, 0) is 43.7 Å². The van der Waals surface area contributed by atoms with E-state index < -0.39 is 11.6 Å². The Morgan fingerprint density at radius 2 is 1.88 bits per heavy atom. The number of nitrogens with zero attached hydrogens (tertiary/aromatic N) is 2. The van der Waals surface area contributed by atoms with Gasteiger partial charge in [-0.3, -0.25) is 9.69 Å². The molecule has 2 aliphatic heterocycles. The first-order valence-electron chi connectivity index (χ1n) is 10.8. The first kappa shape index (κ1) is 23.0. The summed E-state index contributed by atoms with van der Waals surface area (Å²) >= 11 is 1.32. The molecule has 1 fully saturated rings. The summed E-state index contributed by atoms with van der Waals surface area (Å²) in [5.41, 5.74) is 0.322. The number of fused-ring (bicyclic) bond motifs is 1. The molecule has 2 heterocycles. The second-order valence-electron chi connectivity index (χ2n) is 7.72. The minimum absolute atomic E-state index is 0.0728. The summed E-state index contributed by atoms with van der Waals surface area (Å²) in [6.07, 6.45) is 0.0728. The molecule has 0 aliphatic carbocycles. The van der Waals surface area contributed by atoms with Gasteiger partial charge >= 0.3 is 0 Å². The van der Waals surface area contributed by atoms with E-state index in [0.717, 1.165) is 5.56 Å². The van der Waals surface area contributed by atoms with Crippen molar-refractivity contribution in [2.45, 2.75) is 31.9 Å². The predicted molar refractivity (Wildman–Crippen MR) is 125 cm³/mol. The number of nitriles is 1. The van der Waals surface area contributed by atoms with Crippen LogP contribution in [0.3, 0.4) is 0 Å². The highest BCUT2D eigenvalue weighted by Crippen LogP contribution is 2.52. The highest BCUT2D eigenvalue weighted by molar-refractivity contribution is 8.03. The summed E-state index contributed by atoms with van der Waals surface area (Å²) in [5.74, 6) is 1.44. The van der Waals surface area contributed by atoms with Crippen LogP contribution in [0.5, 0.6) is 17.2 Å². The number of benzene rings is 2. The Balaban J connectivity index is 1.72. The summed E-state index contributed by atoms with van der Waals surface area (Å²) in [6.45, 7) is 4.84. The summed E-state index contributed by atoms with van der Waals surface area (Å²) in [4.78, 5) is 14.7. The summed E-state index contributed by atoms with van der Waals surface area (Å²) in [6, 6.07) is 14.8. The molecule has 0 aromatic heterocycles. The van der Waals surface area contributed by atoms with E-state index in [-0.39, 0.29) is 18.1 Å². The second kappa shape index (κ2) is 9.38. The van der Waals surface area contributed by atoms with E-state index in [9.17, 15) is 15.2 Å². The normalized spacial score (nSPS) is 22.1. The van der Waals surface area contributed by atoms with Gasteiger partial charge in [0.2, 0.25) is 5.91 Å². The van der Waals surface area contributed by atoms with Gasteiger partial charge in [0.05, 0.1) is 42.7 Å². The van der Waals surface area contributed by atoms with Crippen LogP contribution in [0.15, 0.2) is 53.1 Å². The van der Waals surface area contributed by atoms with Crippen LogP contribution in [0.4, 0.5) is 0 Å². The van der Waals surface area contributed by atoms with Crippen LogP contribution in [-0.4, -0.2) is 42.0 Å². The van der Waals surface area contributed by atoms with Crippen molar-refractivity contribution in [3.05, 3.63) is 64.2 Å². The van der Waals surface area contributed by atoms with Crippen molar-refractivity contribution < 1.29 is 24.1 Å². The summed E-state index contributed by atoms with van der Waals surface area (Å²) in [5, 5.41) is 22.1. The molecule has 2 atom stereocenters. The molecule has 172 valence electrons. The first-order valence-corrected chi connectivity index (χ1v) is 11.8. The molecular formula is C25H26N2O5S. The molecule has 4 rings (SSSR count). The third kappa shape index (κ3) is 4.03. The number of hydrogen-bond acceptors (Lipinski definition) is 7. The van der Waals surface area contributed by atoms with Gasteiger partial charge in [0.15, 0.2) is 17.2 Å². The predicted octanol–water partition coefficient (Wildman–Crippen LogP) is 4.14. The maximum Gasteiger partial charge on any atom is 0.231 e. The molecule has 2 aliphatic rings. The number of thioether (sulfide) groups is 1. The molecule has 0 radical (unpaired) electrons. The number of aliphatic hydroxyl groups is 1. The van der Waals surface area contributed by atoms with E-state index in [0.29, 0.717) is 46.6 Å². The van der Waals surface area contributed by atoms with Crippen molar-refractivity contribution >= 4 is 17.7 Å². The highest BCUT2D eigenvalue weighted by Gasteiger charge is 2.51. The average molecular weight is 467 g/mol. The third-order valence-electron chi connectivity index (χ3n) is 5.83. The van der Waals surface area contributed by atoms with Crippen LogP contribution in [0, 0.1) is 11.3 Å². The van der Waals surface area contributed by atoms with Crippen LogP contribution in [-0.2, 0) is 10.5 Å². The molecule has 0 bridgehead atoms. The fraction of sp³-hybridized carbons (Fsp3) is 0.360. The van der Waals surface area contributed by atoms with Crippen LogP contribution in [0.2, 0.25) is 0 Å². The number of methoxy groups -OCH3 is 1. The molecule has 1 amide bonds. The van der Waals surface area contributed by atoms with Crippen molar-refractivity contribution in [2.75, 3.05) is 26.1 Å². The largest absolute Gasteiger partial charge is 0.494 e. The lowest BCUT2D eigenvalue weighted by atomic mass is 9.85. The lowest BCUT2D eigenvalue weighted by Crippen LogP contribution is -2.48. The Labute approximate surface area is 197 Å². The van der Waals surface area contributed by atoms with Crippen molar-refractivity contribution in [2.24, 2.45) is 0 Å². The van der Waals surface area contributed by atoms with Crippen molar-refractivity contribution in [1.29, 1.82) is 5.26 Å². The van der Waals surface area contributed by atoms with Gasteiger partial charge in [-0.25, -0.2) is 0 Å². The van der Waals surface area contributed by atoms with Crippen LogP contribution < -0.4 is 14.2 Å². The Bertz CT molecular complexity index is 1120. The second-order valence-corrected chi connectivity index (χ2v) is 8.69. The van der Waals surface area contributed by atoms with Crippen LogP contribution in [0.25, 0.3) is 0 Å². The summed E-state index contributed by atoms with van der Waals surface area (Å²) in [7, 11) is 1.56. The minimum atomic E-state index is -1.52. The molecule has 0 unspecified atom stereocenters. The first-order chi connectivity index (χ1) is 16.0. The lowest BCUT2D eigenvalue weighted by Gasteiger charge is -2.38. The minimum Gasteiger partial charge on any atom is -0.494 e. The maximum atomic E-state index is 13.3. The molecule has 0 spiro atoms. The van der Waals surface area contributed by atoms with Gasteiger partial charge in [0.1, 0.15) is 5.75 Å². The van der Waals surface area contributed by atoms with E-state index in [1.165, 1.54) is 16.7 Å². The molecule has 8 heteroatoms. The number of ether oxygens (including phenoxy) is 3. The quantitative estimate of drug-likeness (QED) is 0.656. The van der Waals surface area contributed by atoms with Crippen molar-refractivity contribution in [3.63, 3.8) is 0 Å². The zero-order chi connectivity index (χ0) is 23.6. The van der Waals surface area contributed by atoms with E-state index in [4.69, 9.17) is 14.2 Å². The summed E-state index contributed by atoms with van der Waals surface area (Å²) < 4.78 is 16.5. The van der Waals surface area contributed by atoms with Gasteiger partial charge in [0, 0.05) is 17.9 Å². The van der Waals surface area contributed by atoms with Crippen LogP contribution in [0.1, 0.15) is 37.3 Å². The van der Waals surface area contributed by atoms with Crippen molar-refractivity contribution in [1.82, 2.24) is 4.90 Å². The fourth-order valence-corrected chi connectivity index (χ4v) is 5.64. The molecule has 33 heavy (non-hydrogen) atoms. The standard InChI is InChI=1S/C25H26N2O5S/c1-4-31-18-9-7-17(8-10-18)25(29)15-33-24-20(14-26)19(13-23(28)27(24)25)16-6-11-21(32-5-2)22(12-16)30-3/h6-12,19,29H,4-5,13,15H2,1-3H3/t19-,25-/m1/s1. The van der Waals surface area contributed by atoms with Gasteiger partial charge in [-0.15, -0.1) is 11.8 Å². The molecule has 1 saturated heterocycles. The van der Waals surface area contributed by atoms with E-state index in [2.05, 4.69) is 6.07 Å². The van der Waals surface area contributed by atoms with E-state index in [1.54, 1.807) is 37.4 Å². The zero-order valence-corrected chi connectivity index (χ0v) is 19.6. The monoisotopic (exact) mass is 466 g/mol. The smallest absolute Gasteiger partial charge is 0.231 e. The van der Waals surface area contributed by atoms with Gasteiger partial charge in [-0.2, -0.15) is 5.26 Å². The molecule has 1 N–H and O–H groups in total. The Kier molecular flexibility index (Phi) is 6.54. The van der Waals surface area contributed by atoms with E-state index in [1.807, 2.05) is 26.0 Å². The number of carbonyl (C=O) groups is 1. The van der Waals surface area contributed by atoms with E-state index >= 15 is 0 Å². The zero-order valence-electron chi connectivity index (χ0n) is 18.8. The highest BCUT2D eigenvalue weighted by atomic mass is 32.2. The topological polar surface area (TPSA) is 92.0 Å². The number of rotatable bonds is 7. The van der Waals surface area contributed by atoms with Crippen molar-refractivity contribution in [3.8, 4) is 23.3 Å².